The summed E-state index contributed by atoms with van der Waals surface area (Å²) in [4.78, 5) is 15.5. The van der Waals surface area contributed by atoms with Crippen LogP contribution in [0, 0.1) is 50.2 Å². The van der Waals surface area contributed by atoms with Crippen molar-refractivity contribution in [1.82, 2.24) is 0 Å². The van der Waals surface area contributed by atoms with Gasteiger partial charge in [0.1, 0.15) is 140 Å². The van der Waals surface area contributed by atoms with Gasteiger partial charge in [-0.3, -0.25) is 9.53 Å². The number of hydrogen-bond donors (Lipinski definition) is 27. The normalized spacial score (nSPS) is 55.9. The zero-order chi connectivity index (χ0) is 83.5. The minimum absolute atomic E-state index is 0.0317. The quantitative estimate of drug-likeness (QED) is 0.0247. The first-order valence-corrected chi connectivity index (χ1v) is 38.3. The number of carbonyl (C=O) groups is 1. The van der Waals surface area contributed by atoms with Gasteiger partial charge in [-0.2, -0.15) is 0 Å². The number of fused-ring (bicyclic) bond motifs is 7. The van der Waals surface area contributed by atoms with Crippen LogP contribution in [0.15, 0.2) is 11.6 Å². The van der Waals surface area contributed by atoms with Crippen LogP contribution in [0.3, 0.4) is 0 Å². The Bertz CT molecular complexity index is 3340. The number of rotatable bonds is 19. The highest BCUT2D eigenvalue weighted by Gasteiger charge is 2.76. The molecule has 0 amide bonds. The zero-order valence-electron chi connectivity index (χ0n) is 63.5. The van der Waals surface area contributed by atoms with Crippen LogP contribution < -0.4 is 0 Å². The van der Waals surface area contributed by atoms with E-state index in [2.05, 4.69) is 26.8 Å². The summed E-state index contributed by atoms with van der Waals surface area (Å²) in [6, 6.07) is 0. The average Bonchev–Trinajstić information content (AvgIpc) is 0.671. The van der Waals surface area contributed by atoms with Crippen LogP contribution in [-0.2, 0) is 71.1 Å². The van der Waals surface area contributed by atoms with Gasteiger partial charge in [-0.15, -0.1) is 0 Å². The van der Waals surface area contributed by atoms with Gasteiger partial charge in [0.15, 0.2) is 37.2 Å². The van der Waals surface area contributed by atoms with Crippen molar-refractivity contribution in [2.24, 2.45) is 50.2 Å². The molecular formula is C71H116O42. The number of hydrogen-bond acceptors (Lipinski definition) is 42. The van der Waals surface area contributed by atoms with Crippen molar-refractivity contribution < 1.29 is 209 Å². The Morgan fingerprint density at radius 3 is 1.77 bits per heavy atom. The topological polar surface area (TPSA) is 693 Å². The van der Waals surface area contributed by atoms with Crippen molar-refractivity contribution in [2.75, 3.05) is 39.6 Å². The molecule has 0 aromatic heterocycles. The molecule has 12 aliphatic rings. The first-order chi connectivity index (χ1) is 52.5. The third-order valence-corrected chi connectivity index (χ3v) is 27.9. The van der Waals surface area contributed by atoms with Crippen LogP contribution in [0.1, 0.15) is 113 Å². The number of aliphatic hydroxyl groups excluding tert-OH is 23. The van der Waals surface area contributed by atoms with Crippen LogP contribution >= 0.6 is 0 Å². The number of ether oxygens (including phenoxy) is 14. The van der Waals surface area contributed by atoms with Gasteiger partial charge in [0.05, 0.1) is 58.0 Å². The molecule has 11 fully saturated rings. The first kappa shape index (κ1) is 89.9. The summed E-state index contributed by atoms with van der Waals surface area (Å²) < 4.78 is 79.4. The molecule has 42 nitrogen and oxygen atoms in total. The Morgan fingerprint density at radius 2 is 1.12 bits per heavy atom. The highest BCUT2D eigenvalue weighted by molar-refractivity contribution is 5.80. The van der Waals surface area contributed by atoms with Crippen molar-refractivity contribution in [2.45, 2.75) is 333 Å². The largest absolute Gasteiger partial charge is 0.405 e. The van der Waals surface area contributed by atoms with Gasteiger partial charge < -0.3 is 199 Å². The van der Waals surface area contributed by atoms with E-state index in [1.807, 2.05) is 27.7 Å². The predicted octanol–water partition coefficient (Wildman–Crippen LogP) is -11.3. The molecule has 0 aromatic carbocycles. The fraction of sp³-hybridized carbons (Fsp3) is 0.958. The molecule has 12 rings (SSSR count). The van der Waals surface area contributed by atoms with Gasteiger partial charge in [-0.1, -0.05) is 60.1 Å². The second-order valence-electron chi connectivity index (χ2n) is 35.2. The average molecular weight is 1640 g/mol. The highest BCUT2D eigenvalue weighted by atomic mass is 17.0. The van der Waals surface area contributed by atoms with Gasteiger partial charge in [-0.25, -0.2) is 0 Å². The lowest BCUT2D eigenvalue weighted by Gasteiger charge is -2.72. The van der Waals surface area contributed by atoms with Crippen molar-refractivity contribution >= 4 is 5.97 Å². The van der Waals surface area contributed by atoms with Crippen LogP contribution in [0.25, 0.3) is 0 Å². The molecule has 5 aliphatic carbocycles. The Morgan fingerprint density at radius 1 is 0.513 bits per heavy atom. The molecule has 0 bridgehead atoms. The SMILES string of the molecule is C[C@H]1OC(O[C@@H]2C(CO)O[C@@](O)(OCC3O[C@@](O)(OC(=O)[C@]45CCC(C)(C)C[C@H]4C4=CCC6[C@@]7(C)CC[C@H](O[C@@H]8OC[C@H](O)C(O[C@@]9(O[C@]%10(O)C(O)[C@H](O)C(CO)O[C@@]%10(O)OC%10[C@H](O)C(CO)O[C@H](O)[C@H]%10O)OC(CO)[C@@H](O)C(O)[C@@H]9O)[C@@H]8O)C(C)(C)C7CC[C@@]6(C)[C@]4(C)C[C@H]5O)[C@@H](O)C(O)[C@@H]3O)[C@@H](O)C2O)[C@@H](O)[C@@H](O)[C@@H]1O. The summed E-state index contributed by atoms with van der Waals surface area (Å²) in [5.41, 5.74) is -4.48. The predicted molar refractivity (Wildman–Crippen MR) is 360 cm³/mol. The minimum atomic E-state index is -4.30. The van der Waals surface area contributed by atoms with E-state index in [1.54, 1.807) is 0 Å². The summed E-state index contributed by atoms with van der Waals surface area (Å²) >= 11 is 0. The van der Waals surface area contributed by atoms with E-state index in [-0.39, 0.29) is 37.5 Å². The van der Waals surface area contributed by atoms with Crippen LogP contribution in [0.2, 0.25) is 0 Å². The van der Waals surface area contributed by atoms with E-state index in [4.69, 9.17) is 66.3 Å². The molecule has 0 spiro atoms. The third kappa shape index (κ3) is 14.5. The Labute approximate surface area is 647 Å². The highest BCUT2D eigenvalue weighted by Crippen LogP contribution is 2.76. The van der Waals surface area contributed by atoms with E-state index < -0.39 is 303 Å². The van der Waals surface area contributed by atoms with Gasteiger partial charge in [0.2, 0.25) is 0 Å². The molecule has 4 saturated carbocycles. The zero-order valence-corrected chi connectivity index (χ0v) is 63.5. The molecule has 652 valence electrons. The Balaban J connectivity index is 0.764. The molecule has 7 heterocycles. The summed E-state index contributed by atoms with van der Waals surface area (Å²) in [6.07, 6.45) is -60.9. The fourth-order valence-corrected chi connectivity index (χ4v) is 20.9. The lowest BCUT2D eigenvalue weighted by atomic mass is 9.33. The molecule has 7 saturated heterocycles. The second kappa shape index (κ2) is 31.8. The lowest BCUT2D eigenvalue weighted by Crippen LogP contribution is -2.80. The number of aliphatic hydroxyl groups is 27. The van der Waals surface area contributed by atoms with E-state index >= 15 is 4.79 Å². The summed E-state index contributed by atoms with van der Waals surface area (Å²) in [5.74, 6) is -21.7. The molecule has 0 radical (unpaired) electrons. The van der Waals surface area contributed by atoms with Gasteiger partial charge in [-0.05, 0) is 110 Å². The molecular weight excluding hydrogens is 1520 g/mol. The summed E-state index contributed by atoms with van der Waals surface area (Å²) in [6.45, 7) is 8.87. The number of esters is 1. The standard InChI is InChI=1S/C71H116O42/c1-25-38(78)43(83)46(86)59(102-25)105-51-32(22-75)106-68(97,55(92)47(51)87)101-24-33-40(80)44(84)54(91)69(98,107-33)112-60(95)66-16-15-61(2,3)17-27(66)26-9-10-35-63(6)13-12-37(62(4,5)34(63)11-14-64(35,7)65(26,8)18-36(66)77)104-58-49(89)50(28(76)23-100-58)110-70(56(93)45(85)39(79)30(20-73)108-70)113-67(96)53(90)42(82)31(21-74)109-71(67,99)111-52-41(81)29(19-72)103-57(94)48(52)88/h9,25,27-59,72-94,96-99H,10-24H2,1-8H3/t25-,27+,28+,29?,30?,31?,32?,33?,34?,35?,36-,37+,38-,39-,40-,41-,42-,43+,44?,45?,46+,47?,48+,49+,50?,51-,52?,53?,54+,55+,56+,57+,58+,59?,63+,64-,65-,66-,67-,68+,69-,70+,71-/m1/s1. The summed E-state index contributed by atoms with van der Waals surface area (Å²) in [5, 5.41) is 304. The lowest BCUT2D eigenvalue weighted by molar-refractivity contribution is -0.600. The molecule has 7 aliphatic heterocycles. The second-order valence-corrected chi connectivity index (χ2v) is 35.2. The smallest absolute Gasteiger partial charge is 0.357 e. The van der Waals surface area contributed by atoms with Crippen molar-refractivity contribution in [3.05, 3.63) is 11.6 Å². The monoisotopic (exact) mass is 1640 g/mol. The van der Waals surface area contributed by atoms with Crippen molar-refractivity contribution in [3.63, 3.8) is 0 Å². The van der Waals surface area contributed by atoms with E-state index in [0.717, 1.165) is 5.57 Å². The summed E-state index contributed by atoms with van der Waals surface area (Å²) in [7, 11) is 0. The van der Waals surface area contributed by atoms with Crippen molar-refractivity contribution in [1.29, 1.82) is 0 Å². The maximum absolute atomic E-state index is 15.5. The van der Waals surface area contributed by atoms with Crippen molar-refractivity contribution in [3.8, 4) is 0 Å². The molecule has 14 unspecified atom stereocenters. The maximum atomic E-state index is 15.5. The Hall–Kier alpha value is -2.39. The number of allylic oxidation sites excluding steroid dienone is 2. The van der Waals surface area contributed by atoms with Gasteiger partial charge in [0, 0.05) is 0 Å². The third-order valence-electron chi connectivity index (χ3n) is 27.9. The molecule has 42 heteroatoms. The van der Waals surface area contributed by atoms with E-state index in [9.17, 15) is 138 Å². The van der Waals surface area contributed by atoms with E-state index in [0.29, 0.717) is 32.1 Å². The van der Waals surface area contributed by atoms with Gasteiger partial charge >= 0.3 is 29.9 Å². The fourth-order valence-electron chi connectivity index (χ4n) is 20.9. The molecule has 27 N–H and O–H groups in total. The number of carbonyl (C=O) groups excluding carboxylic acids is 1. The van der Waals surface area contributed by atoms with Crippen LogP contribution in [0.4, 0.5) is 0 Å². The minimum Gasteiger partial charge on any atom is -0.405 e. The van der Waals surface area contributed by atoms with E-state index in [1.165, 1.54) is 6.92 Å². The van der Waals surface area contributed by atoms with Crippen LogP contribution in [0.5, 0.6) is 0 Å². The Kier molecular flexibility index (Phi) is 25.3. The maximum Gasteiger partial charge on any atom is 0.357 e. The van der Waals surface area contributed by atoms with Gasteiger partial charge in [0.25, 0.3) is 5.79 Å². The van der Waals surface area contributed by atoms with Crippen LogP contribution in [-0.4, -0.2) is 403 Å². The molecule has 0 aromatic rings. The molecule has 113 heavy (non-hydrogen) atoms. The first-order valence-electron chi connectivity index (χ1n) is 38.3. The molecule has 43 atom stereocenters.